The van der Waals surface area contributed by atoms with Gasteiger partial charge < -0.3 is 11.5 Å². The quantitative estimate of drug-likeness (QED) is 0.402. The second kappa shape index (κ2) is 8.19. The first-order valence-corrected chi connectivity index (χ1v) is 10.6. The molecule has 29 heavy (non-hydrogen) atoms. The number of fused-ring (bicyclic) bond motifs is 2. The zero-order valence-corrected chi connectivity index (χ0v) is 17.1. The van der Waals surface area contributed by atoms with Gasteiger partial charge in [-0.2, -0.15) is 0 Å². The Bertz CT molecular complexity index is 1160. The molecule has 0 bridgehead atoms. The van der Waals surface area contributed by atoms with Crippen LogP contribution in [0.4, 0.5) is 9.59 Å². The number of carbonyl (C=O) groups excluding carboxylic acids is 2. The highest BCUT2D eigenvalue weighted by Gasteiger charge is 2.16. The van der Waals surface area contributed by atoms with Gasteiger partial charge in [0.25, 0.3) is 10.5 Å². The highest BCUT2D eigenvalue weighted by Crippen LogP contribution is 2.36. The lowest BCUT2D eigenvalue weighted by atomic mass is 9.95. The van der Waals surface area contributed by atoms with Crippen molar-refractivity contribution < 1.29 is 9.59 Å². The van der Waals surface area contributed by atoms with E-state index in [4.69, 9.17) is 11.5 Å². The smallest absolute Gasteiger partial charge is 0.281 e. The highest BCUT2D eigenvalue weighted by atomic mass is 32.2. The van der Waals surface area contributed by atoms with E-state index in [-0.39, 0.29) is 0 Å². The minimum atomic E-state index is -0.453. The Morgan fingerprint density at radius 1 is 0.621 bits per heavy atom. The first-order valence-electron chi connectivity index (χ1n) is 8.99. The standard InChI is InChI=1S/C23H18N2O2S2/c24-22(26)28-20-11-9-14-5-1-3-7-16(14)18(20)13-19-17-8-4-2-6-15(17)10-12-21(19)29-23(25)27/h1-12H,13H2,(H2,24,26)(H2,25,27). The van der Waals surface area contributed by atoms with Crippen LogP contribution in [0.3, 0.4) is 0 Å². The van der Waals surface area contributed by atoms with E-state index in [9.17, 15) is 9.59 Å². The second-order valence-corrected chi connectivity index (χ2v) is 8.64. The second-order valence-electron chi connectivity index (χ2n) is 6.55. The largest absolute Gasteiger partial charge is 0.360 e. The van der Waals surface area contributed by atoms with Crippen molar-refractivity contribution in [3.63, 3.8) is 0 Å². The van der Waals surface area contributed by atoms with Crippen molar-refractivity contribution in [2.24, 2.45) is 11.5 Å². The number of hydrogen-bond donors (Lipinski definition) is 2. The molecule has 0 heterocycles. The number of amides is 2. The lowest BCUT2D eigenvalue weighted by molar-refractivity contribution is 0.266. The molecule has 0 unspecified atom stereocenters. The SMILES string of the molecule is NC(=O)Sc1ccc2ccccc2c1Cc1c(SC(N)=O)ccc2ccccc12. The molecule has 4 nitrogen and oxygen atoms in total. The Labute approximate surface area is 176 Å². The average Bonchev–Trinajstić information content (AvgIpc) is 2.70. The molecule has 144 valence electrons. The summed E-state index contributed by atoms with van der Waals surface area (Å²) in [6.45, 7) is 0. The summed E-state index contributed by atoms with van der Waals surface area (Å²) in [4.78, 5) is 24.9. The van der Waals surface area contributed by atoms with Crippen LogP contribution < -0.4 is 11.5 Å². The third-order valence-corrected chi connectivity index (χ3v) is 6.38. The van der Waals surface area contributed by atoms with Crippen LogP contribution >= 0.6 is 23.5 Å². The fourth-order valence-corrected chi connectivity index (χ4v) is 4.90. The third-order valence-electron chi connectivity index (χ3n) is 4.77. The molecular weight excluding hydrogens is 400 g/mol. The van der Waals surface area contributed by atoms with Crippen molar-refractivity contribution >= 4 is 55.5 Å². The van der Waals surface area contributed by atoms with Crippen LogP contribution in [0.2, 0.25) is 0 Å². The number of benzene rings is 4. The summed E-state index contributed by atoms with van der Waals surface area (Å²) in [5.41, 5.74) is 13.0. The van der Waals surface area contributed by atoms with Crippen LogP contribution in [-0.2, 0) is 6.42 Å². The van der Waals surface area contributed by atoms with E-state index in [0.29, 0.717) is 6.42 Å². The van der Waals surface area contributed by atoms with Crippen LogP contribution in [-0.4, -0.2) is 10.5 Å². The van der Waals surface area contributed by atoms with Gasteiger partial charge in [-0.1, -0.05) is 60.7 Å². The summed E-state index contributed by atoms with van der Waals surface area (Å²) >= 11 is 2.05. The molecule has 0 aliphatic heterocycles. The summed E-state index contributed by atoms with van der Waals surface area (Å²) in [5, 5.41) is 3.38. The molecule has 0 fully saturated rings. The monoisotopic (exact) mass is 418 g/mol. The predicted molar refractivity (Wildman–Crippen MR) is 122 cm³/mol. The molecule has 0 radical (unpaired) electrons. The molecule has 0 aliphatic rings. The Kier molecular flexibility index (Phi) is 5.47. The van der Waals surface area contributed by atoms with Crippen molar-refractivity contribution in [1.82, 2.24) is 0 Å². The van der Waals surface area contributed by atoms with E-state index >= 15 is 0 Å². The summed E-state index contributed by atoms with van der Waals surface area (Å²) in [6, 6.07) is 23.9. The van der Waals surface area contributed by atoms with Gasteiger partial charge in [-0.25, -0.2) is 0 Å². The summed E-state index contributed by atoms with van der Waals surface area (Å²) in [6.07, 6.45) is 0.550. The zero-order chi connectivity index (χ0) is 20.4. The number of carbonyl (C=O) groups is 2. The molecule has 2 amide bonds. The van der Waals surface area contributed by atoms with E-state index in [1.807, 2.05) is 72.8 Å². The third kappa shape index (κ3) is 4.09. The number of primary amides is 2. The van der Waals surface area contributed by atoms with Gasteiger partial charge in [-0.05, 0) is 68.3 Å². The molecule has 0 atom stereocenters. The van der Waals surface area contributed by atoms with Gasteiger partial charge in [0.1, 0.15) is 0 Å². The summed E-state index contributed by atoms with van der Waals surface area (Å²) < 4.78 is 0. The summed E-state index contributed by atoms with van der Waals surface area (Å²) in [7, 11) is 0. The van der Waals surface area contributed by atoms with Gasteiger partial charge in [0, 0.05) is 16.2 Å². The maximum atomic E-state index is 11.7. The number of thioether (sulfide) groups is 2. The molecule has 4 aromatic carbocycles. The molecule has 0 saturated heterocycles. The Hall–Kier alpha value is -2.96. The molecule has 6 heteroatoms. The maximum Gasteiger partial charge on any atom is 0.281 e. The van der Waals surface area contributed by atoms with Gasteiger partial charge in [0.05, 0.1) is 0 Å². The predicted octanol–water partition coefficient (Wildman–Crippen LogP) is 5.93. The van der Waals surface area contributed by atoms with E-state index < -0.39 is 10.5 Å². The first kappa shape index (κ1) is 19.4. The molecular formula is C23H18N2O2S2. The first-order chi connectivity index (χ1) is 14.0. The molecule has 0 aromatic heterocycles. The van der Waals surface area contributed by atoms with Crippen LogP contribution in [0.15, 0.2) is 82.6 Å². The molecule has 4 aromatic rings. The van der Waals surface area contributed by atoms with E-state index in [1.54, 1.807) is 0 Å². The maximum absolute atomic E-state index is 11.7. The normalized spacial score (nSPS) is 11.0. The van der Waals surface area contributed by atoms with Crippen molar-refractivity contribution in [3.05, 3.63) is 83.9 Å². The van der Waals surface area contributed by atoms with Gasteiger partial charge in [-0.15, -0.1) is 0 Å². The fraction of sp³-hybridized carbons (Fsp3) is 0.0435. The van der Waals surface area contributed by atoms with Crippen LogP contribution in [0.5, 0.6) is 0 Å². The Morgan fingerprint density at radius 2 is 1.03 bits per heavy atom. The molecule has 4 rings (SSSR count). The lowest BCUT2D eigenvalue weighted by Gasteiger charge is -2.16. The Morgan fingerprint density at radius 3 is 1.45 bits per heavy atom. The Balaban J connectivity index is 1.96. The minimum Gasteiger partial charge on any atom is -0.360 e. The molecule has 0 spiro atoms. The van der Waals surface area contributed by atoms with E-state index in [2.05, 4.69) is 0 Å². The summed E-state index contributed by atoms with van der Waals surface area (Å²) in [5.74, 6) is 0. The number of hydrogen-bond acceptors (Lipinski definition) is 4. The number of nitrogens with two attached hydrogens (primary N) is 2. The van der Waals surface area contributed by atoms with E-state index in [1.165, 1.54) is 0 Å². The lowest BCUT2D eigenvalue weighted by Crippen LogP contribution is -2.05. The zero-order valence-electron chi connectivity index (χ0n) is 15.4. The van der Waals surface area contributed by atoms with E-state index in [0.717, 1.165) is 66.0 Å². The van der Waals surface area contributed by atoms with Gasteiger partial charge in [0.15, 0.2) is 0 Å². The van der Waals surface area contributed by atoms with Crippen molar-refractivity contribution in [2.75, 3.05) is 0 Å². The fourth-order valence-electron chi connectivity index (χ4n) is 3.58. The van der Waals surface area contributed by atoms with Crippen molar-refractivity contribution in [2.45, 2.75) is 16.2 Å². The topological polar surface area (TPSA) is 86.2 Å². The highest BCUT2D eigenvalue weighted by molar-refractivity contribution is 8.13. The van der Waals surface area contributed by atoms with Crippen molar-refractivity contribution in [3.8, 4) is 0 Å². The molecule has 4 N–H and O–H groups in total. The van der Waals surface area contributed by atoms with Crippen molar-refractivity contribution in [1.29, 1.82) is 0 Å². The van der Waals surface area contributed by atoms with Gasteiger partial charge in [0.2, 0.25) is 0 Å². The van der Waals surface area contributed by atoms with Crippen LogP contribution in [0.25, 0.3) is 21.5 Å². The van der Waals surface area contributed by atoms with Crippen LogP contribution in [0.1, 0.15) is 11.1 Å². The number of rotatable bonds is 4. The van der Waals surface area contributed by atoms with Gasteiger partial charge >= 0.3 is 0 Å². The van der Waals surface area contributed by atoms with Crippen LogP contribution in [0, 0.1) is 0 Å². The minimum absolute atomic E-state index is 0.453. The molecule has 0 aliphatic carbocycles. The average molecular weight is 419 g/mol. The molecule has 0 saturated carbocycles. The van der Waals surface area contributed by atoms with Gasteiger partial charge in [-0.3, -0.25) is 9.59 Å².